The zero-order valence-electron chi connectivity index (χ0n) is 11.3. The number of rotatable bonds is 2. The van der Waals surface area contributed by atoms with E-state index in [1.54, 1.807) is 12.1 Å². The second-order valence-electron chi connectivity index (χ2n) is 4.85. The number of anilines is 2. The molecule has 0 saturated carbocycles. The van der Waals surface area contributed by atoms with Crippen molar-refractivity contribution >= 4 is 28.7 Å². The predicted molar refractivity (Wildman–Crippen MR) is 83.3 cm³/mol. The fraction of sp³-hybridized carbons (Fsp3) is 0.200. The van der Waals surface area contributed by atoms with Gasteiger partial charge in [-0.3, -0.25) is 10.1 Å². The van der Waals surface area contributed by atoms with Gasteiger partial charge in [-0.05, 0) is 23.8 Å². The smallest absolute Gasteiger partial charge is 0.294 e. The molecule has 3 rings (SSSR count). The maximum absolute atomic E-state index is 11.3. The van der Waals surface area contributed by atoms with Gasteiger partial charge in [0.15, 0.2) is 0 Å². The van der Waals surface area contributed by atoms with Gasteiger partial charge in [0.05, 0.1) is 4.92 Å². The number of hydrogen-bond acceptors (Lipinski definition) is 4. The zero-order valence-corrected chi connectivity index (χ0v) is 12.0. The van der Waals surface area contributed by atoms with Crippen molar-refractivity contribution in [2.24, 2.45) is 0 Å². The van der Waals surface area contributed by atoms with Crippen molar-refractivity contribution in [3.63, 3.8) is 0 Å². The van der Waals surface area contributed by atoms with Crippen LogP contribution in [0.5, 0.6) is 0 Å². The Hall–Kier alpha value is -2.11. The second-order valence-corrected chi connectivity index (χ2v) is 5.28. The Labute approximate surface area is 127 Å². The van der Waals surface area contributed by atoms with Gasteiger partial charge in [-0.1, -0.05) is 29.8 Å². The summed E-state index contributed by atoms with van der Waals surface area (Å²) >= 11 is 5.90. The van der Waals surface area contributed by atoms with Crippen molar-refractivity contribution in [2.75, 3.05) is 18.0 Å². The normalized spacial score (nSPS) is 14.4. The van der Waals surface area contributed by atoms with Crippen LogP contribution in [0, 0.1) is 10.1 Å². The van der Waals surface area contributed by atoms with Gasteiger partial charge >= 0.3 is 0 Å². The Morgan fingerprint density at radius 2 is 2.00 bits per heavy atom. The molecule has 0 aromatic heterocycles. The topological polar surface area (TPSA) is 58.4 Å². The third-order valence-electron chi connectivity index (χ3n) is 3.54. The van der Waals surface area contributed by atoms with Gasteiger partial charge in [-0.2, -0.15) is 0 Å². The molecule has 0 fully saturated rings. The zero-order chi connectivity index (χ0) is 14.8. The van der Waals surface area contributed by atoms with E-state index in [1.165, 1.54) is 6.07 Å². The molecule has 0 spiro atoms. The number of nitro groups is 1. The molecule has 2 aromatic carbocycles. The van der Waals surface area contributed by atoms with E-state index in [4.69, 9.17) is 11.6 Å². The molecule has 1 aliphatic heterocycles. The molecule has 0 amide bonds. The van der Waals surface area contributed by atoms with Gasteiger partial charge in [0.25, 0.3) is 5.69 Å². The summed E-state index contributed by atoms with van der Waals surface area (Å²) in [5.74, 6) is 0. The summed E-state index contributed by atoms with van der Waals surface area (Å²) in [6.45, 7) is 2.18. The fourth-order valence-corrected chi connectivity index (χ4v) is 2.75. The van der Waals surface area contributed by atoms with E-state index in [1.807, 2.05) is 29.2 Å². The van der Waals surface area contributed by atoms with E-state index in [0.717, 1.165) is 24.3 Å². The quantitative estimate of drug-likeness (QED) is 0.681. The summed E-state index contributed by atoms with van der Waals surface area (Å²) in [6.07, 6.45) is 0. The van der Waals surface area contributed by atoms with Gasteiger partial charge in [0.2, 0.25) is 0 Å². The summed E-state index contributed by atoms with van der Waals surface area (Å²) in [4.78, 5) is 12.9. The summed E-state index contributed by atoms with van der Waals surface area (Å²) in [7, 11) is 0. The molecule has 0 saturated heterocycles. The lowest BCUT2D eigenvalue weighted by Crippen LogP contribution is -2.25. The van der Waals surface area contributed by atoms with Crippen LogP contribution < -0.4 is 10.2 Å². The number of hydrogen-bond donors (Lipinski definition) is 1. The SMILES string of the molecule is O=[N+]([O-])c1cc(Cl)ccc1N1CCNCc2ccccc21. The van der Waals surface area contributed by atoms with Crippen LogP contribution in [0.15, 0.2) is 42.5 Å². The van der Waals surface area contributed by atoms with E-state index < -0.39 is 0 Å². The molecule has 0 atom stereocenters. The molecule has 1 aliphatic rings. The Bertz CT molecular complexity index is 690. The molecule has 1 N–H and O–H groups in total. The molecule has 6 heteroatoms. The van der Waals surface area contributed by atoms with E-state index in [2.05, 4.69) is 5.32 Å². The van der Waals surface area contributed by atoms with Gasteiger partial charge in [-0.15, -0.1) is 0 Å². The number of nitrogens with one attached hydrogen (secondary N) is 1. The monoisotopic (exact) mass is 303 g/mol. The van der Waals surface area contributed by atoms with Gasteiger partial charge in [0, 0.05) is 36.4 Å². The van der Waals surface area contributed by atoms with Crippen LogP contribution in [0.4, 0.5) is 17.1 Å². The van der Waals surface area contributed by atoms with Crippen molar-refractivity contribution in [1.82, 2.24) is 5.32 Å². The summed E-state index contributed by atoms with van der Waals surface area (Å²) in [6, 6.07) is 12.7. The number of benzene rings is 2. The van der Waals surface area contributed by atoms with E-state index in [0.29, 0.717) is 17.3 Å². The number of para-hydroxylation sites is 1. The highest BCUT2D eigenvalue weighted by atomic mass is 35.5. The number of nitro benzene ring substituents is 1. The lowest BCUT2D eigenvalue weighted by atomic mass is 10.1. The van der Waals surface area contributed by atoms with Crippen LogP contribution in [0.3, 0.4) is 0 Å². The maximum atomic E-state index is 11.3. The minimum Gasteiger partial charge on any atom is -0.334 e. The van der Waals surface area contributed by atoms with Crippen LogP contribution in [-0.4, -0.2) is 18.0 Å². The number of halogens is 1. The van der Waals surface area contributed by atoms with Crippen molar-refractivity contribution in [1.29, 1.82) is 0 Å². The average Bonchev–Trinajstić information content (AvgIpc) is 2.69. The van der Waals surface area contributed by atoms with E-state index in [9.17, 15) is 10.1 Å². The Morgan fingerprint density at radius 3 is 2.81 bits per heavy atom. The first kappa shape index (κ1) is 13.9. The van der Waals surface area contributed by atoms with Crippen molar-refractivity contribution in [2.45, 2.75) is 6.54 Å². The molecule has 108 valence electrons. The van der Waals surface area contributed by atoms with Crippen molar-refractivity contribution in [3.8, 4) is 0 Å². The Balaban J connectivity index is 2.14. The highest BCUT2D eigenvalue weighted by molar-refractivity contribution is 6.31. The standard InChI is InChI=1S/C15H14ClN3O2/c16-12-5-6-14(15(9-12)19(20)21)18-8-7-17-10-11-3-1-2-4-13(11)18/h1-6,9,17H,7-8,10H2. The summed E-state index contributed by atoms with van der Waals surface area (Å²) in [5, 5.41) is 15.0. The molecule has 0 aliphatic carbocycles. The number of fused-ring (bicyclic) bond motifs is 1. The van der Waals surface area contributed by atoms with Crippen molar-refractivity contribution < 1.29 is 4.92 Å². The largest absolute Gasteiger partial charge is 0.334 e. The first-order valence-electron chi connectivity index (χ1n) is 6.67. The third kappa shape index (κ3) is 2.70. The highest BCUT2D eigenvalue weighted by Gasteiger charge is 2.23. The number of nitrogens with zero attached hydrogens (tertiary/aromatic N) is 2. The van der Waals surface area contributed by atoms with E-state index in [-0.39, 0.29) is 10.6 Å². The molecule has 0 radical (unpaired) electrons. The van der Waals surface area contributed by atoms with Crippen LogP contribution in [0.25, 0.3) is 0 Å². The molecule has 0 unspecified atom stereocenters. The molecule has 1 heterocycles. The molecule has 21 heavy (non-hydrogen) atoms. The predicted octanol–water partition coefficient (Wildman–Crippen LogP) is 3.49. The Kier molecular flexibility index (Phi) is 3.77. The van der Waals surface area contributed by atoms with Crippen LogP contribution in [-0.2, 0) is 6.54 Å². The van der Waals surface area contributed by atoms with Gasteiger partial charge in [0.1, 0.15) is 5.69 Å². The van der Waals surface area contributed by atoms with Gasteiger partial charge < -0.3 is 10.2 Å². The third-order valence-corrected chi connectivity index (χ3v) is 3.77. The molecular weight excluding hydrogens is 290 g/mol. The molecular formula is C15H14ClN3O2. The van der Waals surface area contributed by atoms with Crippen LogP contribution >= 0.6 is 11.6 Å². The van der Waals surface area contributed by atoms with E-state index >= 15 is 0 Å². The molecule has 5 nitrogen and oxygen atoms in total. The average molecular weight is 304 g/mol. The lowest BCUT2D eigenvalue weighted by Gasteiger charge is -2.24. The fourth-order valence-electron chi connectivity index (χ4n) is 2.58. The maximum Gasteiger partial charge on any atom is 0.294 e. The summed E-state index contributed by atoms with van der Waals surface area (Å²) < 4.78 is 0. The lowest BCUT2D eigenvalue weighted by molar-refractivity contribution is -0.384. The highest BCUT2D eigenvalue weighted by Crippen LogP contribution is 2.37. The Morgan fingerprint density at radius 1 is 1.19 bits per heavy atom. The molecule has 0 bridgehead atoms. The summed E-state index contributed by atoms with van der Waals surface area (Å²) in [5.41, 5.74) is 2.71. The van der Waals surface area contributed by atoms with Crippen LogP contribution in [0.2, 0.25) is 5.02 Å². The first-order valence-corrected chi connectivity index (χ1v) is 7.05. The second kappa shape index (κ2) is 5.71. The van der Waals surface area contributed by atoms with Gasteiger partial charge in [-0.25, -0.2) is 0 Å². The first-order chi connectivity index (χ1) is 10.2. The molecule has 2 aromatic rings. The van der Waals surface area contributed by atoms with Crippen molar-refractivity contribution in [3.05, 3.63) is 63.2 Å². The minimum atomic E-state index is -0.387. The van der Waals surface area contributed by atoms with Crippen LogP contribution in [0.1, 0.15) is 5.56 Å². The minimum absolute atomic E-state index is 0.0270.